The van der Waals surface area contributed by atoms with E-state index < -0.39 is 0 Å². The Kier molecular flexibility index (Phi) is 6.10. The lowest BCUT2D eigenvalue weighted by atomic mass is 10.2. The highest BCUT2D eigenvalue weighted by molar-refractivity contribution is 7.99. The minimum atomic E-state index is -0.103. The molecule has 0 saturated heterocycles. The summed E-state index contributed by atoms with van der Waals surface area (Å²) in [5.74, 6) is 2.78. The lowest BCUT2D eigenvalue weighted by Gasteiger charge is -2.16. The van der Waals surface area contributed by atoms with Crippen molar-refractivity contribution < 1.29 is 9.53 Å². The molecule has 1 unspecified atom stereocenters. The van der Waals surface area contributed by atoms with Crippen LogP contribution in [0.5, 0.6) is 0 Å². The number of ether oxygens (including phenoxy) is 1. The molecule has 1 N–H and O–H groups in total. The normalized spacial score (nSPS) is 17.5. The van der Waals surface area contributed by atoms with Gasteiger partial charge >= 0.3 is 5.97 Å². The zero-order valence-corrected chi connectivity index (χ0v) is 10.4. The number of nitrogens with one attached hydrogen (secondary N) is 1. The number of hydrogen-bond acceptors (Lipinski definition) is 4. The van der Waals surface area contributed by atoms with Crippen molar-refractivity contribution in [2.24, 2.45) is 5.92 Å². The average molecular weight is 231 g/mol. The molecule has 1 rings (SSSR count). The van der Waals surface area contributed by atoms with E-state index in [4.69, 9.17) is 0 Å². The summed E-state index contributed by atoms with van der Waals surface area (Å²) in [6, 6.07) is 0.651. The zero-order chi connectivity index (χ0) is 11.1. The highest BCUT2D eigenvalue weighted by Crippen LogP contribution is 2.34. The summed E-state index contributed by atoms with van der Waals surface area (Å²) in [6.45, 7) is 3.19. The molecule has 1 aliphatic carbocycles. The van der Waals surface area contributed by atoms with E-state index in [9.17, 15) is 4.79 Å². The van der Waals surface area contributed by atoms with E-state index in [0.717, 1.165) is 24.0 Å². The van der Waals surface area contributed by atoms with E-state index in [1.165, 1.54) is 20.0 Å². The molecule has 0 spiro atoms. The molecule has 1 saturated carbocycles. The third-order valence-corrected chi connectivity index (χ3v) is 3.72. The smallest absolute Gasteiger partial charge is 0.306 e. The molecular weight excluding hydrogens is 210 g/mol. The van der Waals surface area contributed by atoms with Crippen LogP contribution in [0.3, 0.4) is 0 Å². The number of esters is 1. The van der Waals surface area contributed by atoms with Gasteiger partial charge in [0.15, 0.2) is 0 Å². The van der Waals surface area contributed by atoms with Gasteiger partial charge in [-0.3, -0.25) is 4.79 Å². The molecular formula is C11H21NO2S. The molecule has 4 heteroatoms. The Morgan fingerprint density at radius 2 is 2.33 bits per heavy atom. The average Bonchev–Trinajstić information content (AvgIpc) is 3.06. The van der Waals surface area contributed by atoms with Crippen LogP contribution < -0.4 is 5.32 Å². The summed E-state index contributed by atoms with van der Waals surface area (Å²) in [6.07, 6.45) is 3.27. The number of carbonyl (C=O) groups excluding carboxylic acids is 1. The predicted molar refractivity (Wildman–Crippen MR) is 64.1 cm³/mol. The van der Waals surface area contributed by atoms with Crippen LogP contribution in [0.1, 0.15) is 26.2 Å². The molecule has 1 fully saturated rings. The van der Waals surface area contributed by atoms with Crippen molar-refractivity contribution in [2.45, 2.75) is 32.2 Å². The van der Waals surface area contributed by atoms with Crippen LogP contribution in [-0.4, -0.2) is 37.2 Å². The van der Waals surface area contributed by atoms with Gasteiger partial charge in [0.1, 0.15) is 0 Å². The number of carbonyl (C=O) groups is 1. The largest absolute Gasteiger partial charge is 0.469 e. The number of methoxy groups -OCH3 is 1. The Morgan fingerprint density at radius 1 is 1.60 bits per heavy atom. The fraction of sp³-hybridized carbons (Fsp3) is 0.909. The molecule has 0 aromatic heterocycles. The Hall–Kier alpha value is -0.220. The van der Waals surface area contributed by atoms with Crippen molar-refractivity contribution in [3.8, 4) is 0 Å². The highest BCUT2D eigenvalue weighted by Gasteiger charge is 2.30. The number of rotatable bonds is 8. The van der Waals surface area contributed by atoms with E-state index in [1.807, 2.05) is 11.8 Å². The van der Waals surface area contributed by atoms with Crippen LogP contribution in [0.25, 0.3) is 0 Å². The van der Waals surface area contributed by atoms with Gasteiger partial charge in [0.25, 0.3) is 0 Å². The second kappa shape index (κ2) is 7.12. The summed E-state index contributed by atoms with van der Waals surface area (Å²) >= 11 is 1.85. The Morgan fingerprint density at radius 3 is 2.87 bits per heavy atom. The molecule has 0 aromatic rings. The first-order chi connectivity index (χ1) is 7.27. The molecule has 0 amide bonds. The van der Waals surface area contributed by atoms with E-state index in [-0.39, 0.29) is 5.97 Å². The summed E-state index contributed by atoms with van der Waals surface area (Å²) in [5, 5.41) is 3.51. The Labute approximate surface area is 96.3 Å². The monoisotopic (exact) mass is 231 g/mol. The topological polar surface area (TPSA) is 38.3 Å². The fourth-order valence-corrected chi connectivity index (χ4v) is 2.71. The summed E-state index contributed by atoms with van der Waals surface area (Å²) in [5.41, 5.74) is 0. The van der Waals surface area contributed by atoms with Crippen molar-refractivity contribution >= 4 is 17.7 Å². The van der Waals surface area contributed by atoms with Crippen LogP contribution in [0.2, 0.25) is 0 Å². The van der Waals surface area contributed by atoms with Gasteiger partial charge in [-0.05, 0) is 25.3 Å². The Bertz CT molecular complexity index is 195. The second-order valence-electron chi connectivity index (χ2n) is 3.90. The predicted octanol–water partition coefficient (Wildman–Crippen LogP) is 1.67. The van der Waals surface area contributed by atoms with Crippen LogP contribution in [0.15, 0.2) is 0 Å². The quantitative estimate of drug-likeness (QED) is 0.509. The summed E-state index contributed by atoms with van der Waals surface area (Å²) in [4.78, 5) is 10.9. The number of hydrogen-bond donors (Lipinski definition) is 1. The van der Waals surface area contributed by atoms with Crippen molar-refractivity contribution in [1.29, 1.82) is 0 Å². The van der Waals surface area contributed by atoms with Crippen molar-refractivity contribution in [3.63, 3.8) is 0 Å². The van der Waals surface area contributed by atoms with Crippen LogP contribution >= 0.6 is 11.8 Å². The summed E-state index contributed by atoms with van der Waals surface area (Å²) < 4.78 is 4.60. The molecule has 88 valence electrons. The maximum Gasteiger partial charge on any atom is 0.306 e. The number of thioether (sulfide) groups is 1. The Balaban J connectivity index is 2.03. The van der Waals surface area contributed by atoms with Gasteiger partial charge in [0.2, 0.25) is 0 Å². The molecule has 3 nitrogen and oxygen atoms in total. The maximum absolute atomic E-state index is 10.9. The van der Waals surface area contributed by atoms with Gasteiger partial charge < -0.3 is 10.1 Å². The van der Waals surface area contributed by atoms with Gasteiger partial charge in [-0.15, -0.1) is 0 Å². The van der Waals surface area contributed by atoms with Gasteiger partial charge in [0.05, 0.1) is 13.5 Å². The molecule has 0 heterocycles. The molecule has 15 heavy (non-hydrogen) atoms. The second-order valence-corrected chi connectivity index (χ2v) is 5.05. The van der Waals surface area contributed by atoms with Gasteiger partial charge in [-0.25, -0.2) is 0 Å². The molecule has 0 aliphatic heterocycles. The van der Waals surface area contributed by atoms with Crippen LogP contribution in [-0.2, 0) is 9.53 Å². The van der Waals surface area contributed by atoms with Gasteiger partial charge in [-0.1, -0.05) is 6.92 Å². The first kappa shape index (κ1) is 12.8. The maximum atomic E-state index is 10.9. The summed E-state index contributed by atoms with van der Waals surface area (Å²) in [7, 11) is 1.44. The molecule has 0 aromatic carbocycles. The van der Waals surface area contributed by atoms with Gasteiger partial charge in [-0.2, -0.15) is 11.8 Å². The first-order valence-corrected chi connectivity index (χ1v) is 6.81. The van der Waals surface area contributed by atoms with E-state index in [0.29, 0.717) is 12.5 Å². The standard InChI is InChI=1S/C11H21NO2S/c1-3-12-10(9-4-5-9)8-15-7-6-11(13)14-2/h9-10,12H,3-8H2,1-2H3. The van der Waals surface area contributed by atoms with Crippen LogP contribution in [0.4, 0.5) is 0 Å². The van der Waals surface area contributed by atoms with E-state index in [2.05, 4.69) is 17.0 Å². The van der Waals surface area contributed by atoms with Crippen molar-refractivity contribution in [3.05, 3.63) is 0 Å². The lowest BCUT2D eigenvalue weighted by molar-refractivity contribution is -0.140. The minimum Gasteiger partial charge on any atom is -0.469 e. The molecule has 1 aliphatic rings. The SMILES string of the molecule is CCNC(CSCCC(=O)OC)C1CC1. The first-order valence-electron chi connectivity index (χ1n) is 5.65. The van der Waals surface area contributed by atoms with E-state index >= 15 is 0 Å². The minimum absolute atomic E-state index is 0.103. The van der Waals surface area contributed by atoms with E-state index in [1.54, 1.807) is 0 Å². The molecule has 0 bridgehead atoms. The van der Waals surface area contributed by atoms with Crippen LogP contribution in [0, 0.1) is 5.92 Å². The van der Waals surface area contributed by atoms with Crippen molar-refractivity contribution in [1.82, 2.24) is 5.32 Å². The van der Waals surface area contributed by atoms with Crippen molar-refractivity contribution in [2.75, 3.05) is 25.2 Å². The molecule has 1 atom stereocenters. The third-order valence-electron chi connectivity index (χ3n) is 2.63. The zero-order valence-electron chi connectivity index (χ0n) is 9.62. The highest BCUT2D eigenvalue weighted by atomic mass is 32.2. The molecule has 0 radical (unpaired) electrons. The third kappa shape index (κ3) is 5.42. The fourth-order valence-electron chi connectivity index (χ4n) is 1.59. The lowest BCUT2D eigenvalue weighted by Crippen LogP contribution is -2.33. The van der Waals surface area contributed by atoms with Gasteiger partial charge in [0, 0.05) is 17.5 Å².